The summed E-state index contributed by atoms with van der Waals surface area (Å²) in [6.45, 7) is 0. The summed E-state index contributed by atoms with van der Waals surface area (Å²) < 4.78 is 67.0. The number of halogens is 3. The fourth-order valence-electron chi connectivity index (χ4n) is 2.10. The van der Waals surface area contributed by atoms with Crippen LogP contribution in [-0.4, -0.2) is 13.0 Å². The molecule has 3 aromatic rings. The molecule has 0 spiro atoms. The molecule has 0 N–H and O–H groups in total. The molecular formula is C19H16F3O3PS. The van der Waals surface area contributed by atoms with Crippen molar-refractivity contribution >= 4 is 29.3 Å². The van der Waals surface area contributed by atoms with Crippen molar-refractivity contribution in [2.75, 3.05) is 0 Å². The molecule has 0 amide bonds. The summed E-state index contributed by atoms with van der Waals surface area (Å²) in [5, 5.41) is 2.90. The molecule has 142 valence electrons. The predicted molar refractivity (Wildman–Crippen MR) is 101 cm³/mol. The van der Waals surface area contributed by atoms with Crippen LogP contribution in [-0.2, 0) is 16.3 Å². The van der Waals surface area contributed by atoms with Gasteiger partial charge in [-0.25, -0.2) is 8.42 Å². The molecule has 0 aromatic heterocycles. The summed E-state index contributed by atoms with van der Waals surface area (Å²) >= 11 is 0. The zero-order valence-electron chi connectivity index (χ0n) is 13.9. The smallest absolute Gasteiger partial charge is 0.416 e. The molecule has 0 aliphatic rings. The standard InChI is InChI=1S/C12H11P.C7H5F3O3S/c1-3-7-11(8-4-1)13-12-9-5-2-6-10-12;8-7(9,10)5-1-3-6(4-2-5)14(11,12)13/h1-10,13H;1-4H,(H,11,12,13). The Balaban J connectivity index is 0.000000194. The molecule has 0 saturated carbocycles. The fraction of sp³-hybridized carbons (Fsp3) is 0.0526. The minimum Gasteiger partial charge on any atom is -0.744 e. The summed E-state index contributed by atoms with van der Waals surface area (Å²) in [6, 6.07) is 23.7. The topological polar surface area (TPSA) is 57.2 Å². The molecule has 0 atom stereocenters. The van der Waals surface area contributed by atoms with Crippen LogP contribution in [0.15, 0.2) is 89.8 Å². The first kappa shape index (κ1) is 21.1. The molecule has 0 aliphatic carbocycles. The van der Waals surface area contributed by atoms with Gasteiger partial charge in [0.2, 0.25) is 0 Å². The molecule has 27 heavy (non-hydrogen) atoms. The molecular weight excluding hydrogens is 396 g/mol. The zero-order valence-corrected chi connectivity index (χ0v) is 15.9. The summed E-state index contributed by atoms with van der Waals surface area (Å²) in [5.74, 6) is 0. The molecule has 0 unspecified atom stereocenters. The summed E-state index contributed by atoms with van der Waals surface area (Å²) in [5.41, 5.74) is -0.995. The maximum atomic E-state index is 12.0. The van der Waals surface area contributed by atoms with Gasteiger partial charge in [-0.2, -0.15) is 13.2 Å². The fourth-order valence-corrected chi connectivity index (χ4v) is 3.79. The van der Waals surface area contributed by atoms with E-state index in [-0.39, 0.29) is 8.58 Å². The van der Waals surface area contributed by atoms with Crippen molar-refractivity contribution in [1.29, 1.82) is 0 Å². The van der Waals surface area contributed by atoms with Gasteiger partial charge >= 0.3 is 6.18 Å². The average molecular weight is 412 g/mol. The third-order valence-electron chi connectivity index (χ3n) is 3.40. The lowest BCUT2D eigenvalue weighted by Gasteiger charge is -2.09. The van der Waals surface area contributed by atoms with Crippen LogP contribution in [0.5, 0.6) is 0 Å². The van der Waals surface area contributed by atoms with Crippen molar-refractivity contribution in [1.82, 2.24) is 0 Å². The van der Waals surface area contributed by atoms with Crippen LogP contribution in [0.4, 0.5) is 13.2 Å². The van der Waals surface area contributed by atoms with E-state index in [4.69, 9.17) is 0 Å². The van der Waals surface area contributed by atoms with Gasteiger partial charge in [0.25, 0.3) is 0 Å². The number of rotatable bonds is 3. The summed E-state index contributed by atoms with van der Waals surface area (Å²) in [7, 11) is -4.41. The van der Waals surface area contributed by atoms with E-state index in [1.807, 2.05) is 0 Å². The largest absolute Gasteiger partial charge is 0.744 e. The van der Waals surface area contributed by atoms with Gasteiger partial charge in [0.05, 0.1) is 29.6 Å². The van der Waals surface area contributed by atoms with Crippen LogP contribution in [0.2, 0.25) is 0 Å². The lowest BCUT2D eigenvalue weighted by molar-refractivity contribution is -0.137. The van der Waals surface area contributed by atoms with Gasteiger partial charge in [-0.05, 0) is 48.5 Å². The third kappa shape index (κ3) is 7.13. The minimum absolute atomic E-state index is 0.271. The van der Waals surface area contributed by atoms with E-state index in [1.54, 1.807) is 0 Å². The Morgan fingerprint density at radius 2 is 1.11 bits per heavy atom. The first-order valence-electron chi connectivity index (χ1n) is 7.74. The van der Waals surface area contributed by atoms with E-state index in [0.29, 0.717) is 24.3 Å². The van der Waals surface area contributed by atoms with Crippen LogP contribution in [0.25, 0.3) is 0 Å². The van der Waals surface area contributed by atoms with Crippen molar-refractivity contribution in [3.05, 3.63) is 90.5 Å². The quantitative estimate of drug-likeness (QED) is 0.487. The second kappa shape index (κ2) is 9.13. The van der Waals surface area contributed by atoms with Crippen LogP contribution in [0, 0.1) is 0 Å². The van der Waals surface area contributed by atoms with E-state index in [2.05, 4.69) is 60.7 Å². The molecule has 0 fully saturated rings. The van der Waals surface area contributed by atoms with Gasteiger partial charge in [-0.15, -0.1) is 0 Å². The molecule has 0 saturated heterocycles. The van der Waals surface area contributed by atoms with Crippen LogP contribution in [0.1, 0.15) is 5.56 Å². The average Bonchev–Trinajstić information content (AvgIpc) is 2.63. The molecule has 0 heterocycles. The molecule has 0 bridgehead atoms. The number of hydrogen-bond acceptors (Lipinski definition) is 3. The van der Waals surface area contributed by atoms with Crippen molar-refractivity contribution in [3.8, 4) is 0 Å². The molecule has 0 radical (unpaired) electrons. The number of alkyl halides is 3. The zero-order chi connectivity index (χ0) is 19.9. The van der Waals surface area contributed by atoms with Gasteiger partial charge in [0.1, 0.15) is 10.1 Å². The second-order valence-electron chi connectivity index (χ2n) is 5.44. The highest BCUT2D eigenvalue weighted by Crippen LogP contribution is 2.29. The van der Waals surface area contributed by atoms with E-state index < -0.39 is 26.8 Å². The lowest BCUT2D eigenvalue weighted by Crippen LogP contribution is -2.05. The van der Waals surface area contributed by atoms with Gasteiger partial charge in [-0.3, -0.25) is 0 Å². The van der Waals surface area contributed by atoms with E-state index in [9.17, 15) is 26.1 Å². The number of hydrogen-bond donors (Lipinski definition) is 0. The molecule has 8 heteroatoms. The maximum Gasteiger partial charge on any atom is 0.416 e. The highest BCUT2D eigenvalue weighted by atomic mass is 32.2. The Kier molecular flexibility index (Phi) is 7.13. The van der Waals surface area contributed by atoms with Crippen LogP contribution < -0.4 is 10.6 Å². The Morgan fingerprint density at radius 1 is 0.704 bits per heavy atom. The number of benzene rings is 3. The molecule has 0 aliphatic heterocycles. The van der Waals surface area contributed by atoms with Gasteiger partial charge in [0, 0.05) is 0 Å². The summed E-state index contributed by atoms with van der Waals surface area (Å²) in [6.07, 6.45) is -4.54. The highest BCUT2D eigenvalue weighted by molar-refractivity contribution is 7.85. The highest BCUT2D eigenvalue weighted by Gasteiger charge is 2.30. The first-order valence-corrected chi connectivity index (χ1v) is 10.3. The lowest BCUT2D eigenvalue weighted by atomic mass is 10.2. The van der Waals surface area contributed by atoms with Crippen LogP contribution >= 0.6 is 8.58 Å². The molecule has 3 aromatic carbocycles. The Bertz CT molecular complexity index is 905. The van der Waals surface area contributed by atoms with Crippen molar-refractivity contribution in [2.45, 2.75) is 11.1 Å². The Morgan fingerprint density at radius 3 is 1.44 bits per heavy atom. The van der Waals surface area contributed by atoms with E-state index in [0.717, 1.165) is 0 Å². The molecule has 3 nitrogen and oxygen atoms in total. The van der Waals surface area contributed by atoms with Crippen molar-refractivity contribution in [3.63, 3.8) is 0 Å². The predicted octanol–water partition coefficient (Wildman–Crippen LogP) is 3.66. The van der Waals surface area contributed by atoms with E-state index in [1.165, 1.54) is 10.6 Å². The van der Waals surface area contributed by atoms with Gasteiger partial charge in [0.15, 0.2) is 0 Å². The third-order valence-corrected chi connectivity index (χ3v) is 5.69. The van der Waals surface area contributed by atoms with Crippen LogP contribution in [0.3, 0.4) is 0 Å². The normalized spacial score (nSPS) is 11.4. The maximum absolute atomic E-state index is 12.0. The minimum atomic E-state index is -4.68. The summed E-state index contributed by atoms with van der Waals surface area (Å²) in [4.78, 5) is -0.675. The Labute approximate surface area is 157 Å². The van der Waals surface area contributed by atoms with Gasteiger partial charge in [-0.1, -0.05) is 36.4 Å². The van der Waals surface area contributed by atoms with E-state index >= 15 is 0 Å². The molecule has 3 rings (SSSR count). The van der Waals surface area contributed by atoms with Gasteiger partial charge < -0.3 is 4.55 Å². The SMILES string of the molecule is O=S(=O)([O-])c1ccc(C(F)(F)F)cc1.c1ccc([PH2+]c2ccccc2)cc1. The van der Waals surface area contributed by atoms with Crippen molar-refractivity contribution < 1.29 is 26.1 Å². The monoisotopic (exact) mass is 412 g/mol. The second-order valence-corrected chi connectivity index (χ2v) is 8.44. The van der Waals surface area contributed by atoms with Crippen molar-refractivity contribution in [2.24, 2.45) is 0 Å². The first-order chi connectivity index (χ1) is 12.7. The Hall–Kier alpha value is -2.21.